The summed E-state index contributed by atoms with van der Waals surface area (Å²) in [6, 6.07) is 19.0. The van der Waals surface area contributed by atoms with Gasteiger partial charge in [0.05, 0.1) is 11.8 Å². The molecule has 9 nitrogen and oxygen atoms in total. The van der Waals surface area contributed by atoms with Crippen LogP contribution in [0.5, 0.6) is 11.5 Å². The van der Waals surface area contributed by atoms with Crippen LogP contribution in [0.1, 0.15) is 123 Å². The third-order valence-electron chi connectivity index (χ3n) is 10.6. The molecule has 2 unspecified atom stereocenters. The second kappa shape index (κ2) is 13.8. The quantitative estimate of drug-likeness (QED) is 0.133. The number of hydrogen-bond acceptors (Lipinski definition) is 7. The monoisotopic (exact) mass is 700 g/mol. The van der Waals surface area contributed by atoms with Gasteiger partial charge in [0.1, 0.15) is 34.6 Å². The fraction of sp³-hybridized carbons (Fsp3) is 0.419. The van der Waals surface area contributed by atoms with Crippen molar-refractivity contribution in [1.82, 2.24) is 19.8 Å². The number of nitrogens with zero attached hydrogens (tertiary/aromatic N) is 4. The van der Waals surface area contributed by atoms with Crippen LogP contribution in [0, 0.1) is 10.8 Å². The molecule has 2 aliphatic heterocycles. The minimum Gasteiger partial charge on any atom is -0.508 e. The van der Waals surface area contributed by atoms with Crippen molar-refractivity contribution in [3.05, 3.63) is 117 Å². The molecule has 0 aliphatic carbocycles. The van der Waals surface area contributed by atoms with Crippen LogP contribution in [0.25, 0.3) is 0 Å². The molecule has 0 fully saturated rings. The third kappa shape index (κ3) is 7.05. The molecule has 0 amide bonds. The Bertz CT molecular complexity index is 1910. The maximum Gasteiger partial charge on any atom is 0.151 e. The summed E-state index contributed by atoms with van der Waals surface area (Å²) in [6.45, 7) is 17.7. The Morgan fingerprint density at radius 2 is 1.06 bits per heavy atom. The minimum absolute atomic E-state index is 0.0620. The maximum atomic E-state index is 15.5. The number of hydrogen-bond donors (Lipinski definition) is 4. The molecule has 0 saturated heterocycles. The van der Waals surface area contributed by atoms with Crippen molar-refractivity contribution in [1.29, 1.82) is 10.8 Å². The van der Waals surface area contributed by atoms with Crippen LogP contribution in [-0.4, -0.2) is 60.5 Å². The van der Waals surface area contributed by atoms with Crippen molar-refractivity contribution in [3.8, 4) is 11.5 Å². The molecule has 6 rings (SSSR count). The predicted molar refractivity (Wildman–Crippen MR) is 206 cm³/mol. The zero-order valence-electron chi connectivity index (χ0n) is 31.8. The first-order chi connectivity index (χ1) is 24.5. The number of nitrogens with one attached hydrogen (secondary N) is 2. The Balaban J connectivity index is 1.46. The minimum atomic E-state index is -0.692. The van der Waals surface area contributed by atoms with Gasteiger partial charge in [0.15, 0.2) is 5.78 Å². The number of Topliss-reactive ketones (excluding diaryl/α,β-unsaturated/α-hetero) is 1. The number of aromatic hydroxyl groups is 2. The SMILES string of the molecule is CCc1ccc2c(n1)C(=N)N(CC(C(=O)C(CN1Cc3ccc(CC)nc3C1=N)c1ccc(O)c(C(C)(C)C)c1)c1ccc(O)c(C(C)(C)C)c1)C2. The second-order valence-electron chi connectivity index (χ2n) is 16.3. The number of carbonyl (C=O) groups excluding carboxylic acids is 1. The van der Waals surface area contributed by atoms with Gasteiger partial charge in [0.25, 0.3) is 0 Å². The summed E-state index contributed by atoms with van der Waals surface area (Å²) in [5.41, 5.74) is 7.28. The Labute approximate surface area is 307 Å². The first-order valence-electron chi connectivity index (χ1n) is 18.4. The van der Waals surface area contributed by atoms with Crippen LogP contribution in [0.15, 0.2) is 60.7 Å². The molecule has 0 saturated carbocycles. The number of carbonyl (C=O) groups is 1. The van der Waals surface area contributed by atoms with Gasteiger partial charge in [-0.3, -0.25) is 15.6 Å². The molecule has 272 valence electrons. The highest BCUT2D eigenvalue weighted by atomic mass is 16.3. The number of amidine groups is 2. The predicted octanol–water partition coefficient (Wildman–Crippen LogP) is 7.73. The molecular formula is C43H52N6O3. The van der Waals surface area contributed by atoms with Crippen LogP contribution in [0.2, 0.25) is 0 Å². The first kappa shape index (κ1) is 36.7. The van der Waals surface area contributed by atoms with Crippen LogP contribution in [0.4, 0.5) is 0 Å². The van der Waals surface area contributed by atoms with E-state index >= 15 is 4.79 Å². The van der Waals surface area contributed by atoms with E-state index in [1.165, 1.54) is 0 Å². The van der Waals surface area contributed by atoms with Crippen LogP contribution < -0.4 is 0 Å². The van der Waals surface area contributed by atoms with E-state index in [2.05, 4.69) is 0 Å². The smallest absolute Gasteiger partial charge is 0.151 e. The molecule has 2 aromatic heterocycles. The maximum absolute atomic E-state index is 15.5. The number of pyridine rings is 2. The topological polar surface area (TPSA) is 137 Å². The average molecular weight is 701 g/mol. The van der Waals surface area contributed by atoms with Crippen molar-refractivity contribution in [2.24, 2.45) is 0 Å². The standard InChI is InChI=1S/C43H52N6O3/c1-9-29-15-11-27-21-48(40(44)37(27)46-29)23-31(25-13-17-35(50)33(19-25)42(3,4)5)39(52)32(26-14-18-36(51)34(20-26)43(6,7)8)24-49-22-28-12-16-30(10-2)47-38(28)41(49)45/h11-20,31-32,44-45,50-51H,9-10,21-24H2,1-8H3. The Morgan fingerprint density at radius 1 is 0.673 bits per heavy atom. The molecular weight excluding hydrogens is 649 g/mol. The number of phenols is 2. The number of benzene rings is 2. The van der Waals surface area contributed by atoms with Crippen LogP contribution in [0.3, 0.4) is 0 Å². The van der Waals surface area contributed by atoms with Crippen molar-refractivity contribution in [3.63, 3.8) is 0 Å². The molecule has 0 radical (unpaired) electrons. The van der Waals surface area contributed by atoms with Gasteiger partial charge in [-0.1, -0.05) is 91.8 Å². The fourth-order valence-electron chi connectivity index (χ4n) is 7.44. The van der Waals surface area contributed by atoms with Gasteiger partial charge in [-0.2, -0.15) is 0 Å². The van der Waals surface area contributed by atoms with Gasteiger partial charge < -0.3 is 20.0 Å². The van der Waals surface area contributed by atoms with Gasteiger partial charge in [0, 0.05) is 48.7 Å². The van der Waals surface area contributed by atoms with E-state index in [0.717, 1.165) is 57.6 Å². The number of ketones is 1. The van der Waals surface area contributed by atoms with Gasteiger partial charge in [-0.15, -0.1) is 0 Å². The Kier molecular flexibility index (Phi) is 9.77. The largest absolute Gasteiger partial charge is 0.508 e. The fourth-order valence-corrected chi connectivity index (χ4v) is 7.44. The van der Waals surface area contributed by atoms with E-state index < -0.39 is 11.8 Å². The highest BCUT2D eigenvalue weighted by molar-refractivity contribution is 6.01. The van der Waals surface area contributed by atoms with Crippen LogP contribution in [-0.2, 0) is 41.6 Å². The summed E-state index contributed by atoms with van der Waals surface area (Å²) in [4.78, 5) is 28.9. The molecule has 0 spiro atoms. The summed E-state index contributed by atoms with van der Waals surface area (Å²) in [5, 5.41) is 40.3. The van der Waals surface area contributed by atoms with E-state index in [-0.39, 0.29) is 41.2 Å². The average Bonchev–Trinajstić information content (AvgIpc) is 3.58. The molecule has 9 heteroatoms. The first-order valence-corrected chi connectivity index (χ1v) is 18.4. The highest BCUT2D eigenvalue weighted by Crippen LogP contribution is 2.39. The zero-order chi connectivity index (χ0) is 37.7. The molecule has 52 heavy (non-hydrogen) atoms. The molecule has 4 aromatic rings. The third-order valence-corrected chi connectivity index (χ3v) is 10.6. The van der Waals surface area contributed by atoms with Gasteiger partial charge in [0.2, 0.25) is 0 Å². The van der Waals surface area contributed by atoms with Gasteiger partial charge >= 0.3 is 0 Å². The number of phenolic OH excluding ortho intramolecular Hbond substituents is 2. The highest BCUT2D eigenvalue weighted by Gasteiger charge is 2.38. The molecule has 4 heterocycles. The molecule has 4 N–H and O–H groups in total. The summed E-state index contributed by atoms with van der Waals surface area (Å²) < 4.78 is 0. The summed E-state index contributed by atoms with van der Waals surface area (Å²) in [6.07, 6.45) is 1.53. The summed E-state index contributed by atoms with van der Waals surface area (Å²) >= 11 is 0. The molecule has 0 bridgehead atoms. The number of fused-ring (bicyclic) bond motifs is 2. The second-order valence-corrected chi connectivity index (χ2v) is 16.3. The van der Waals surface area contributed by atoms with E-state index in [1.54, 1.807) is 12.1 Å². The lowest BCUT2D eigenvalue weighted by Gasteiger charge is -2.32. The van der Waals surface area contributed by atoms with Crippen molar-refractivity contribution in [2.45, 2.75) is 104 Å². The number of aromatic nitrogens is 2. The zero-order valence-corrected chi connectivity index (χ0v) is 31.8. The number of aryl methyl sites for hydroxylation is 2. The van der Waals surface area contributed by atoms with E-state index in [4.69, 9.17) is 9.97 Å². The number of rotatable bonds is 10. The summed E-state index contributed by atoms with van der Waals surface area (Å²) in [7, 11) is 0. The van der Waals surface area contributed by atoms with E-state index in [1.807, 2.05) is 114 Å². The van der Waals surface area contributed by atoms with Gasteiger partial charge in [-0.05, 0) is 70.2 Å². The van der Waals surface area contributed by atoms with E-state index in [9.17, 15) is 21.0 Å². The van der Waals surface area contributed by atoms with E-state index in [0.29, 0.717) is 36.1 Å². The van der Waals surface area contributed by atoms with Crippen LogP contribution >= 0.6 is 0 Å². The molecule has 2 aliphatic rings. The van der Waals surface area contributed by atoms with Crippen molar-refractivity contribution < 1.29 is 15.0 Å². The Morgan fingerprint density at radius 3 is 1.40 bits per heavy atom. The molecule has 2 aromatic carbocycles. The van der Waals surface area contributed by atoms with Gasteiger partial charge in [-0.25, -0.2) is 9.97 Å². The van der Waals surface area contributed by atoms with Crippen molar-refractivity contribution >= 4 is 17.5 Å². The Hall–Kier alpha value is -5.05. The van der Waals surface area contributed by atoms with Crippen molar-refractivity contribution in [2.75, 3.05) is 13.1 Å². The molecule has 2 atom stereocenters. The normalized spacial score (nSPS) is 15.5. The summed E-state index contributed by atoms with van der Waals surface area (Å²) in [5.74, 6) is -0.509. The lowest BCUT2D eigenvalue weighted by Crippen LogP contribution is -2.38. The lowest BCUT2D eigenvalue weighted by atomic mass is 9.78. The lowest BCUT2D eigenvalue weighted by molar-refractivity contribution is -0.122.